The zero-order valence-corrected chi connectivity index (χ0v) is 15.1. The Morgan fingerprint density at radius 3 is 2.33 bits per heavy atom. The molecule has 0 aliphatic carbocycles. The van der Waals surface area contributed by atoms with Gasteiger partial charge in [-0.05, 0) is 48.5 Å². The van der Waals surface area contributed by atoms with E-state index in [2.05, 4.69) is 5.32 Å². The number of amides is 3. The van der Waals surface area contributed by atoms with Crippen molar-refractivity contribution in [1.82, 2.24) is 0 Å². The maximum Gasteiger partial charge on any atom is 0.333 e. The second kappa shape index (κ2) is 7.55. The van der Waals surface area contributed by atoms with Crippen molar-refractivity contribution >= 4 is 35.1 Å². The summed E-state index contributed by atoms with van der Waals surface area (Å²) in [5.74, 6) is 1.41. The Balaban J connectivity index is 1.48. The van der Waals surface area contributed by atoms with Crippen molar-refractivity contribution in [3.8, 4) is 11.5 Å². The van der Waals surface area contributed by atoms with Gasteiger partial charge in [0.05, 0.1) is 11.4 Å². The van der Waals surface area contributed by atoms with Crippen molar-refractivity contribution in [2.24, 2.45) is 0 Å². The Hall–Kier alpha value is -3.25. The molecule has 0 bridgehead atoms. The van der Waals surface area contributed by atoms with Crippen LogP contribution < -0.4 is 15.0 Å². The van der Waals surface area contributed by atoms with Crippen LogP contribution in [0.4, 0.5) is 16.2 Å². The van der Waals surface area contributed by atoms with Gasteiger partial charge in [-0.2, -0.15) is 0 Å². The smallest absolute Gasteiger partial charge is 0.333 e. The Morgan fingerprint density at radius 2 is 1.56 bits per heavy atom. The highest BCUT2D eigenvalue weighted by atomic mass is 32.2. The van der Waals surface area contributed by atoms with Crippen LogP contribution in [0.1, 0.15) is 0 Å². The van der Waals surface area contributed by atoms with Crippen molar-refractivity contribution in [1.29, 1.82) is 0 Å². The van der Waals surface area contributed by atoms with Gasteiger partial charge in [0.2, 0.25) is 5.91 Å². The number of thioether (sulfide) groups is 1. The van der Waals surface area contributed by atoms with Gasteiger partial charge in [0, 0.05) is 10.6 Å². The molecule has 6 heteroatoms. The molecule has 3 amide bonds. The third kappa shape index (κ3) is 3.80. The minimum absolute atomic E-state index is 0.236. The van der Waals surface area contributed by atoms with Crippen LogP contribution in [0, 0.1) is 0 Å². The monoisotopic (exact) mass is 376 g/mol. The topological polar surface area (TPSA) is 58.6 Å². The summed E-state index contributed by atoms with van der Waals surface area (Å²) in [5.41, 5.74) is 1.20. The van der Waals surface area contributed by atoms with E-state index in [0.29, 0.717) is 17.1 Å². The molecular weight excluding hydrogens is 360 g/mol. The van der Waals surface area contributed by atoms with Gasteiger partial charge in [-0.3, -0.25) is 4.79 Å². The lowest BCUT2D eigenvalue weighted by Gasteiger charge is -2.27. The fourth-order valence-corrected chi connectivity index (χ4v) is 3.63. The molecule has 0 saturated carbocycles. The highest BCUT2D eigenvalue weighted by Crippen LogP contribution is 2.35. The lowest BCUT2D eigenvalue weighted by Crippen LogP contribution is -2.43. The lowest BCUT2D eigenvalue weighted by atomic mass is 10.2. The van der Waals surface area contributed by atoms with E-state index in [4.69, 9.17) is 4.74 Å². The first-order valence-corrected chi connectivity index (χ1v) is 9.38. The van der Waals surface area contributed by atoms with Crippen molar-refractivity contribution in [2.75, 3.05) is 16.0 Å². The number of benzene rings is 3. The van der Waals surface area contributed by atoms with Crippen LogP contribution in [0.15, 0.2) is 83.8 Å². The second-order valence-electron chi connectivity index (χ2n) is 5.86. The molecule has 0 spiro atoms. The minimum atomic E-state index is -0.468. The number of nitrogens with zero attached hydrogens (tertiary/aromatic N) is 1. The Morgan fingerprint density at radius 1 is 0.889 bits per heavy atom. The van der Waals surface area contributed by atoms with Crippen LogP contribution >= 0.6 is 11.8 Å². The van der Waals surface area contributed by atoms with E-state index < -0.39 is 6.03 Å². The molecule has 0 radical (unpaired) electrons. The summed E-state index contributed by atoms with van der Waals surface area (Å²) >= 11 is 1.44. The number of para-hydroxylation sites is 2. The quantitative estimate of drug-likeness (QED) is 0.687. The maximum absolute atomic E-state index is 12.7. The van der Waals surface area contributed by atoms with Gasteiger partial charge >= 0.3 is 6.03 Å². The van der Waals surface area contributed by atoms with Gasteiger partial charge < -0.3 is 10.1 Å². The van der Waals surface area contributed by atoms with Gasteiger partial charge in [-0.25, -0.2) is 9.69 Å². The molecule has 0 unspecified atom stereocenters. The van der Waals surface area contributed by atoms with Crippen molar-refractivity contribution < 1.29 is 14.3 Å². The molecule has 0 atom stereocenters. The number of fused-ring (bicyclic) bond motifs is 1. The van der Waals surface area contributed by atoms with E-state index in [9.17, 15) is 9.59 Å². The highest BCUT2D eigenvalue weighted by molar-refractivity contribution is 8.00. The fraction of sp³-hybridized carbons (Fsp3) is 0.0476. The number of urea groups is 1. The number of carbonyl (C=O) groups excluding carboxylic acids is 2. The van der Waals surface area contributed by atoms with Gasteiger partial charge in [0.15, 0.2) is 0 Å². The molecular formula is C21H16N2O3S. The molecule has 0 saturated heterocycles. The predicted octanol–water partition coefficient (Wildman–Crippen LogP) is 5.15. The largest absolute Gasteiger partial charge is 0.457 e. The van der Waals surface area contributed by atoms with E-state index in [1.807, 2.05) is 48.5 Å². The molecule has 27 heavy (non-hydrogen) atoms. The summed E-state index contributed by atoms with van der Waals surface area (Å²) in [7, 11) is 0. The fourth-order valence-electron chi connectivity index (χ4n) is 2.74. The molecule has 1 heterocycles. The second-order valence-corrected chi connectivity index (χ2v) is 6.87. The molecule has 1 aliphatic rings. The zero-order valence-electron chi connectivity index (χ0n) is 14.3. The van der Waals surface area contributed by atoms with Crippen LogP contribution in [0.3, 0.4) is 0 Å². The van der Waals surface area contributed by atoms with Gasteiger partial charge in [-0.1, -0.05) is 30.3 Å². The molecule has 1 aliphatic heterocycles. The average Bonchev–Trinajstić information content (AvgIpc) is 2.70. The molecule has 134 valence electrons. The van der Waals surface area contributed by atoms with Crippen LogP contribution in [-0.4, -0.2) is 17.7 Å². The van der Waals surface area contributed by atoms with Gasteiger partial charge in [0.1, 0.15) is 11.5 Å². The van der Waals surface area contributed by atoms with Crippen LogP contribution in [0.25, 0.3) is 0 Å². The van der Waals surface area contributed by atoms with Crippen molar-refractivity contribution in [3.05, 3.63) is 78.9 Å². The van der Waals surface area contributed by atoms with Crippen LogP contribution in [0.5, 0.6) is 11.5 Å². The number of carbonyl (C=O) groups is 2. The number of imide groups is 1. The lowest BCUT2D eigenvalue weighted by molar-refractivity contribution is -0.115. The summed E-state index contributed by atoms with van der Waals surface area (Å²) in [6.45, 7) is 0. The van der Waals surface area contributed by atoms with E-state index in [1.54, 1.807) is 30.3 Å². The summed E-state index contributed by atoms with van der Waals surface area (Å²) in [4.78, 5) is 27.1. The summed E-state index contributed by atoms with van der Waals surface area (Å²) in [5, 5.41) is 2.78. The average molecular weight is 376 g/mol. The summed E-state index contributed by atoms with van der Waals surface area (Å²) in [6.07, 6.45) is 0. The van der Waals surface area contributed by atoms with Crippen molar-refractivity contribution in [2.45, 2.75) is 4.90 Å². The number of hydrogen-bond acceptors (Lipinski definition) is 4. The number of ether oxygens (including phenoxy) is 1. The first-order valence-electron chi connectivity index (χ1n) is 8.39. The normalized spacial score (nSPS) is 13.0. The summed E-state index contributed by atoms with van der Waals surface area (Å²) in [6, 6.07) is 23.4. The Bertz CT molecular complexity index is 974. The van der Waals surface area contributed by atoms with Gasteiger partial charge in [0.25, 0.3) is 0 Å². The number of rotatable bonds is 3. The predicted molar refractivity (Wildman–Crippen MR) is 107 cm³/mol. The third-order valence-corrected chi connectivity index (χ3v) is 5.04. The van der Waals surface area contributed by atoms with Gasteiger partial charge in [-0.15, -0.1) is 11.8 Å². The molecule has 3 aromatic rings. The SMILES string of the molecule is O=C1CSc2ccccc2N1C(=O)Nc1ccc(Oc2ccccc2)cc1. The maximum atomic E-state index is 12.7. The molecule has 1 N–H and O–H groups in total. The third-order valence-electron chi connectivity index (χ3n) is 3.99. The molecule has 0 aromatic heterocycles. The summed E-state index contributed by atoms with van der Waals surface area (Å²) < 4.78 is 5.74. The number of anilines is 2. The van der Waals surface area contributed by atoms with E-state index in [1.165, 1.54) is 16.7 Å². The van der Waals surface area contributed by atoms with Crippen LogP contribution in [0.2, 0.25) is 0 Å². The first kappa shape index (κ1) is 17.2. The zero-order chi connectivity index (χ0) is 18.6. The van der Waals surface area contributed by atoms with Crippen LogP contribution in [-0.2, 0) is 4.79 Å². The Kier molecular flexibility index (Phi) is 4.80. The van der Waals surface area contributed by atoms with E-state index >= 15 is 0 Å². The number of nitrogens with one attached hydrogen (secondary N) is 1. The van der Waals surface area contributed by atoms with Crippen molar-refractivity contribution in [3.63, 3.8) is 0 Å². The Labute approximate surface area is 161 Å². The van der Waals surface area contributed by atoms with E-state index in [0.717, 1.165) is 10.6 Å². The first-order chi connectivity index (χ1) is 13.2. The minimum Gasteiger partial charge on any atom is -0.457 e. The molecule has 5 nitrogen and oxygen atoms in total. The van der Waals surface area contributed by atoms with E-state index in [-0.39, 0.29) is 11.7 Å². The standard InChI is InChI=1S/C21H16N2O3S/c24-20-14-27-19-9-5-4-8-18(19)23(20)21(25)22-15-10-12-17(13-11-15)26-16-6-2-1-3-7-16/h1-13H,14H2,(H,22,25). The molecule has 3 aromatic carbocycles. The number of hydrogen-bond donors (Lipinski definition) is 1. The molecule has 0 fully saturated rings. The molecule has 4 rings (SSSR count). The highest BCUT2D eigenvalue weighted by Gasteiger charge is 2.29.